The SMILES string of the molecule is COC(=O)CC1C(=O)NCCN1C(=O)c1cccc2cn[nH]c12. The Morgan fingerprint density at radius 1 is 1.43 bits per heavy atom. The second kappa shape index (κ2) is 6.07. The van der Waals surface area contributed by atoms with Gasteiger partial charge in [-0.2, -0.15) is 5.10 Å². The number of para-hydroxylation sites is 1. The number of carbonyl (C=O) groups excluding carboxylic acids is 3. The van der Waals surface area contributed by atoms with Gasteiger partial charge in [-0.15, -0.1) is 0 Å². The van der Waals surface area contributed by atoms with Crippen LogP contribution in [-0.2, 0) is 14.3 Å². The fraction of sp³-hybridized carbons (Fsp3) is 0.333. The molecule has 3 rings (SSSR count). The summed E-state index contributed by atoms with van der Waals surface area (Å²) in [6.07, 6.45) is 1.45. The Labute approximate surface area is 131 Å². The molecule has 0 bridgehead atoms. The van der Waals surface area contributed by atoms with E-state index >= 15 is 0 Å². The molecule has 0 radical (unpaired) electrons. The van der Waals surface area contributed by atoms with Crippen molar-refractivity contribution >= 4 is 28.7 Å². The summed E-state index contributed by atoms with van der Waals surface area (Å²) in [4.78, 5) is 37.9. The number of esters is 1. The highest BCUT2D eigenvalue weighted by Gasteiger charge is 2.36. The molecule has 2 amide bonds. The first-order chi connectivity index (χ1) is 11.1. The van der Waals surface area contributed by atoms with Gasteiger partial charge in [0.2, 0.25) is 5.91 Å². The third-order valence-corrected chi connectivity index (χ3v) is 3.89. The van der Waals surface area contributed by atoms with E-state index in [-0.39, 0.29) is 18.2 Å². The number of benzene rings is 1. The van der Waals surface area contributed by atoms with Gasteiger partial charge < -0.3 is 15.0 Å². The van der Waals surface area contributed by atoms with E-state index in [2.05, 4.69) is 20.3 Å². The van der Waals surface area contributed by atoms with Gasteiger partial charge in [-0.3, -0.25) is 19.5 Å². The molecule has 1 aromatic heterocycles. The number of piperazine rings is 1. The van der Waals surface area contributed by atoms with E-state index in [0.717, 1.165) is 5.39 Å². The zero-order valence-electron chi connectivity index (χ0n) is 12.5. The average Bonchev–Trinajstić information content (AvgIpc) is 3.04. The van der Waals surface area contributed by atoms with Crippen molar-refractivity contribution < 1.29 is 19.1 Å². The van der Waals surface area contributed by atoms with Crippen molar-refractivity contribution in [3.05, 3.63) is 30.0 Å². The van der Waals surface area contributed by atoms with E-state index in [4.69, 9.17) is 0 Å². The molecule has 1 unspecified atom stereocenters. The van der Waals surface area contributed by atoms with Crippen molar-refractivity contribution in [3.8, 4) is 0 Å². The van der Waals surface area contributed by atoms with Crippen molar-refractivity contribution in [1.29, 1.82) is 0 Å². The minimum absolute atomic E-state index is 0.174. The normalized spacial score (nSPS) is 17.9. The fourth-order valence-corrected chi connectivity index (χ4v) is 2.70. The van der Waals surface area contributed by atoms with Gasteiger partial charge in [-0.1, -0.05) is 12.1 Å². The van der Waals surface area contributed by atoms with Gasteiger partial charge in [0.1, 0.15) is 6.04 Å². The minimum Gasteiger partial charge on any atom is -0.469 e. The smallest absolute Gasteiger partial charge is 0.308 e. The van der Waals surface area contributed by atoms with Crippen LogP contribution in [0.1, 0.15) is 16.8 Å². The first-order valence-corrected chi connectivity index (χ1v) is 7.19. The van der Waals surface area contributed by atoms with Gasteiger partial charge in [0.15, 0.2) is 0 Å². The van der Waals surface area contributed by atoms with Crippen LogP contribution in [0.15, 0.2) is 24.4 Å². The highest BCUT2D eigenvalue weighted by atomic mass is 16.5. The lowest BCUT2D eigenvalue weighted by atomic mass is 10.1. The van der Waals surface area contributed by atoms with E-state index in [1.54, 1.807) is 18.3 Å². The lowest BCUT2D eigenvalue weighted by Crippen LogP contribution is -2.57. The quantitative estimate of drug-likeness (QED) is 0.780. The van der Waals surface area contributed by atoms with Crippen LogP contribution in [0.2, 0.25) is 0 Å². The Hall–Kier alpha value is -2.90. The molecule has 1 saturated heterocycles. The molecule has 120 valence electrons. The summed E-state index contributed by atoms with van der Waals surface area (Å²) in [6, 6.07) is 4.39. The molecule has 2 aromatic rings. The molecule has 0 aliphatic carbocycles. The topological polar surface area (TPSA) is 104 Å². The van der Waals surface area contributed by atoms with Crippen molar-refractivity contribution in [2.75, 3.05) is 20.2 Å². The van der Waals surface area contributed by atoms with E-state index < -0.39 is 12.0 Å². The molecule has 2 N–H and O–H groups in total. The van der Waals surface area contributed by atoms with Crippen molar-refractivity contribution in [2.24, 2.45) is 0 Å². The zero-order chi connectivity index (χ0) is 16.4. The molecular formula is C15H16N4O4. The Bertz CT molecular complexity index is 770. The lowest BCUT2D eigenvalue weighted by Gasteiger charge is -2.34. The minimum atomic E-state index is -0.873. The number of methoxy groups -OCH3 is 1. The molecule has 1 atom stereocenters. The van der Waals surface area contributed by atoms with E-state index in [9.17, 15) is 14.4 Å². The third-order valence-electron chi connectivity index (χ3n) is 3.89. The Balaban J connectivity index is 1.93. The van der Waals surface area contributed by atoms with Gasteiger partial charge in [0.05, 0.1) is 30.8 Å². The van der Waals surface area contributed by atoms with Crippen molar-refractivity contribution in [3.63, 3.8) is 0 Å². The van der Waals surface area contributed by atoms with Crippen LogP contribution in [0.3, 0.4) is 0 Å². The maximum absolute atomic E-state index is 12.9. The maximum Gasteiger partial charge on any atom is 0.308 e. The van der Waals surface area contributed by atoms with Crippen LogP contribution < -0.4 is 5.32 Å². The summed E-state index contributed by atoms with van der Waals surface area (Å²) < 4.78 is 4.62. The number of rotatable bonds is 3. The number of aromatic nitrogens is 2. The van der Waals surface area contributed by atoms with Crippen LogP contribution in [0.25, 0.3) is 10.9 Å². The van der Waals surface area contributed by atoms with Crippen LogP contribution in [0, 0.1) is 0 Å². The number of nitrogens with zero attached hydrogens (tertiary/aromatic N) is 2. The second-order valence-electron chi connectivity index (χ2n) is 5.23. The summed E-state index contributed by atoms with van der Waals surface area (Å²) in [5.41, 5.74) is 1.03. The Morgan fingerprint density at radius 2 is 2.26 bits per heavy atom. The lowest BCUT2D eigenvalue weighted by molar-refractivity contribution is -0.145. The van der Waals surface area contributed by atoms with Crippen LogP contribution >= 0.6 is 0 Å². The summed E-state index contributed by atoms with van der Waals surface area (Å²) in [5, 5.41) is 10.2. The Kier molecular flexibility index (Phi) is 3.96. The fourth-order valence-electron chi connectivity index (χ4n) is 2.70. The molecule has 23 heavy (non-hydrogen) atoms. The van der Waals surface area contributed by atoms with E-state index in [0.29, 0.717) is 24.2 Å². The molecule has 2 heterocycles. The maximum atomic E-state index is 12.9. The highest BCUT2D eigenvalue weighted by molar-refractivity contribution is 6.07. The monoisotopic (exact) mass is 316 g/mol. The number of aromatic amines is 1. The van der Waals surface area contributed by atoms with Gasteiger partial charge in [-0.25, -0.2) is 0 Å². The van der Waals surface area contributed by atoms with E-state index in [1.165, 1.54) is 12.0 Å². The number of hydrogen-bond donors (Lipinski definition) is 2. The van der Waals surface area contributed by atoms with E-state index in [1.807, 2.05) is 6.07 Å². The molecular weight excluding hydrogens is 300 g/mol. The summed E-state index contributed by atoms with van der Waals surface area (Å²) in [5.74, 6) is -1.21. The number of fused-ring (bicyclic) bond motifs is 1. The second-order valence-corrected chi connectivity index (χ2v) is 5.23. The molecule has 1 fully saturated rings. The van der Waals surface area contributed by atoms with Gasteiger partial charge >= 0.3 is 5.97 Å². The van der Waals surface area contributed by atoms with Crippen molar-refractivity contribution in [2.45, 2.75) is 12.5 Å². The Morgan fingerprint density at radius 3 is 3.04 bits per heavy atom. The summed E-state index contributed by atoms with van der Waals surface area (Å²) >= 11 is 0. The molecule has 1 aliphatic rings. The predicted octanol–water partition coefficient (Wildman–Crippen LogP) is 0.0666. The first-order valence-electron chi connectivity index (χ1n) is 7.19. The van der Waals surface area contributed by atoms with Gasteiger partial charge in [0, 0.05) is 18.5 Å². The third kappa shape index (κ3) is 2.75. The zero-order valence-corrected chi connectivity index (χ0v) is 12.5. The van der Waals surface area contributed by atoms with Gasteiger partial charge in [0.25, 0.3) is 5.91 Å². The van der Waals surface area contributed by atoms with Crippen LogP contribution in [0.5, 0.6) is 0 Å². The van der Waals surface area contributed by atoms with Gasteiger partial charge in [-0.05, 0) is 6.07 Å². The first kappa shape index (κ1) is 15.0. The standard InChI is InChI=1S/C15H16N4O4/c1-23-12(20)7-11-14(21)16-5-6-19(11)15(22)10-4-2-3-9-8-17-18-13(9)10/h2-4,8,11H,5-7H2,1H3,(H,16,21)(H,17,18). The van der Waals surface area contributed by atoms with Crippen LogP contribution in [0.4, 0.5) is 0 Å². The highest BCUT2D eigenvalue weighted by Crippen LogP contribution is 2.20. The summed E-state index contributed by atoms with van der Waals surface area (Å²) in [6.45, 7) is 0.679. The molecule has 8 nitrogen and oxygen atoms in total. The average molecular weight is 316 g/mol. The number of carbonyl (C=O) groups is 3. The number of hydrogen-bond acceptors (Lipinski definition) is 5. The number of H-pyrrole nitrogens is 1. The molecule has 0 spiro atoms. The van der Waals surface area contributed by atoms with Crippen molar-refractivity contribution in [1.82, 2.24) is 20.4 Å². The molecule has 1 aliphatic heterocycles. The van der Waals surface area contributed by atoms with Crippen LogP contribution in [-0.4, -0.2) is 59.1 Å². The predicted molar refractivity (Wildman–Crippen MR) is 80.6 cm³/mol. The molecule has 0 saturated carbocycles. The largest absolute Gasteiger partial charge is 0.469 e. The molecule has 1 aromatic carbocycles. The number of amides is 2. The molecule has 8 heteroatoms. The number of nitrogens with one attached hydrogen (secondary N) is 2. The summed E-state index contributed by atoms with van der Waals surface area (Å²) in [7, 11) is 1.25. The number of ether oxygens (including phenoxy) is 1.